The van der Waals surface area contributed by atoms with E-state index in [1.165, 1.54) is 6.07 Å². The smallest absolute Gasteiger partial charge is 0.196 e. The van der Waals surface area contributed by atoms with Gasteiger partial charge in [0.05, 0.1) is 19.8 Å². The van der Waals surface area contributed by atoms with Gasteiger partial charge in [-0.2, -0.15) is 0 Å². The molecular weight excluding hydrogens is 361 g/mol. The molecule has 2 rings (SSSR count). The lowest BCUT2D eigenvalue weighted by Crippen LogP contribution is -2.30. The molecule has 0 aliphatic rings. The fraction of sp³-hybridized carbons (Fsp3) is 0.381. The highest BCUT2D eigenvalue weighted by atomic mass is 19.1. The summed E-state index contributed by atoms with van der Waals surface area (Å²) in [4.78, 5) is 4.53. The van der Waals surface area contributed by atoms with Gasteiger partial charge in [0.15, 0.2) is 5.96 Å². The highest BCUT2D eigenvalue weighted by Gasteiger charge is 2.04. The highest BCUT2D eigenvalue weighted by Crippen LogP contribution is 2.18. The number of anilines is 1. The van der Waals surface area contributed by atoms with Crippen LogP contribution >= 0.6 is 0 Å². The maximum atomic E-state index is 13.5. The summed E-state index contributed by atoms with van der Waals surface area (Å²) in [6.45, 7) is 3.95. The molecule has 0 amide bonds. The summed E-state index contributed by atoms with van der Waals surface area (Å²) in [5.74, 6) is 0.958. The van der Waals surface area contributed by atoms with E-state index < -0.39 is 5.82 Å². The number of halogens is 1. The Morgan fingerprint density at radius 3 is 2.79 bits per heavy atom. The molecule has 2 aromatic rings. The van der Waals surface area contributed by atoms with Crippen molar-refractivity contribution in [3.63, 3.8) is 0 Å². The first-order valence-corrected chi connectivity index (χ1v) is 9.31. The second-order valence-corrected chi connectivity index (χ2v) is 6.13. The zero-order valence-corrected chi connectivity index (χ0v) is 16.4. The van der Waals surface area contributed by atoms with E-state index in [2.05, 4.69) is 15.6 Å². The van der Waals surface area contributed by atoms with E-state index in [0.717, 1.165) is 23.4 Å². The lowest BCUT2D eigenvalue weighted by Gasteiger charge is -2.13. The van der Waals surface area contributed by atoms with Crippen LogP contribution in [0.15, 0.2) is 47.5 Å². The van der Waals surface area contributed by atoms with Gasteiger partial charge in [0.1, 0.15) is 11.6 Å². The summed E-state index contributed by atoms with van der Waals surface area (Å²) < 4.78 is 24.2. The van der Waals surface area contributed by atoms with Gasteiger partial charge in [-0.1, -0.05) is 12.1 Å². The molecule has 0 heterocycles. The lowest BCUT2D eigenvalue weighted by atomic mass is 10.1. The van der Waals surface area contributed by atoms with Crippen LogP contribution in [0.2, 0.25) is 0 Å². The number of nitrogens with zero attached hydrogens (tertiary/aromatic N) is 1. The van der Waals surface area contributed by atoms with Gasteiger partial charge in [-0.05, 0) is 36.8 Å². The zero-order chi connectivity index (χ0) is 20.2. The zero-order valence-electron chi connectivity index (χ0n) is 16.4. The van der Waals surface area contributed by atoms with Gasteiger partial charge in [0.2, 0.25) is 0 Å². The number of ether oxygens (including phenoxy) is 2. The van der Waals surface area contributed by atoms with Crippen LogP contribution in [0.25, 0.3) is 0 Å². The highest BCUT2D eigenvalue weighted by molar-refractivity contribution is 5.93. The minimum Gasteiger partial charge on any atom is -0.493 e. The number of aliphatic hydroxyl groups is 1. The van der Waals surface area contributed by atoms with Crippen LogP contribution in [0.1, 0.15) is 24.5 Å². The summed E-state index contributed by atoms with van der Waals surface area (Å²) >= 11 is 0. The molecule has 0 bridgehead atoms. The van der Waals surface area contributed by atoms with Gasteiger partial charge < -0.3 is 25.2 Å². The Balaban J connectivity index is 2.02. The van der Waals surface area contributed by atoms with E-state index in [1.54, 1.807) is 19.2 Å². The quantitative estimate of drug-likeness (QED) is 0.330. The summed E-state index contributed by atoms with van der Waals surface area (Å²) in [5, 5.41) is 15.6. The molecule has 0 unspecified atom stereocenters. The molecule has 6 nitrogen and oxygen atoms in total. The van der Waals surface area contributed by atoms with Crippen LogP contribution in [0, 0.1) is 5.82 Å². The summed E-state index contributed by atoms with van der Waals surface area (Å²) in [6, 6.07) is 12.3. The number of nitrogens with one attached hydrogen (secondary N) is 2. The number of rotatable bonds is 10. The molecule has 0 spiro atoms. The van der Waals surface area contributed by atoms with Gasteiger partial charge in [-0.15, -0.1) is 0 Å². The van der Waals surface area contributed by atoms with Crippen LogP contribution in [0.3, 0.4) is 0 Å². The summed E-state index contributed by atoms with van der Waals surface area (Å²) in [7, 11) is 1.67. The van der Waals surface area contributed by atoms with Gasteiger partial charge in [-0.25, -0.2) is 9.38 Å². The van der Waals surface area contributed by atoms with Crippen LogP contribution in [0.4, 0.5) is 10.1 Å². The monoisotopic (exact) mass is 389 g/mol. The molecule has 0 atom stereocenters. The Bertz CT molecular complexity index is 768. The van der Waals surface area contributed by atoms with Gasteiger partial charge in [0, 0.05) is 44.0 Å². The number of aliphatic imine (C=N–C) groups is 1. The maximum absolute atomic E-state index is 13.5. The normalized spacial score (nSPS) is 11.4. The molecule has 0 aromatic heterocycles. The van der Waals surface area contributed by atoms with Gasteiger partial charge in [-0.3, -0.25) is 0 Å². The minimum absolute atomic E-state index is 0.268. The third-order valence-electron chi connectivity index (χ3n) is 3.90. The van der Waals surface area contributed by atoms with E-state index in [1.807, 2.05) is 31.2 Å². The summed E-state index contributed by atoms with van der Waals surface area (Å²) in [6.07, 6.45) is 0.825. The van der Waals surface area contributed by atoms with Crippen molar-refractivity contribution in [2.24, 2.45) is 4.99 Å². The molecule has 0 saturated carbocycles. The number of aliphatic hydroxyl groups excluding tert-OH is 1. The van der Waals surface area contributed by atoms with E-state index in [0.29, 0.717) is 32.3 Å². The predicted molar refractivity (Wildman–Crippen MR) is 109 cm³/mol. The number of hydrogen-bond donors (Lipinski definition) is 3. The first-order valence-electron chi connectivity index (χ1n) is 9.31. The average molecular weight is 389 g/mol. The van der Waals surface area contributed by atoms with Crippen molar-refractivity contribution in [3.8, 4) is 5.75 Å². The van der Waals surface area contributed by atoms with Gasteiger partial charge >= 0.3 is 0 Å². The van der Waals surface area contributed by atoms with E-state index in [9.17, 15) is 9.50 Å². The number of guanidine groups is 1. The lowest BCUT2D eigenvalue weighted by molar-refractivity contribution is 0.172. The molecule has 7 heteroatoms. The van der Waals surface area contributed by atoms with Crippen molar-refractivity contribution in [3.05, 3.63) is 59.4 Å². The molecule has 0 fully saturated rings. The fourth-order valence-corrected chi connectivity index (χ4v) is 2.52. The molecular formula is C21H28FN3O3. The molecule has 0 aliphatic carbocycles. The van der Waals surface area contributed by atoms with Crippen LogP contribution in [-0.4, -0.2) is 37.9 Å². The second-order valence-electron chi connectivity index (χ2n) is 6.13. The molecule has 152 valence electrons. The van der Waals surface area contributed by atoms with Crippen molar-refractivity contribution in [1.82, 2.24) is 5.32 Å². The van der Waals surface area contributed by atoms with Crippen LogP contribution in [-0.2, 0) is 17.9 Å². The summed E-state index contributed by atoms with van der Waals surface area (Å²) in [5.41, 5.74) is 1.93. The average Bonchev–Trinajstić information content (AvgIpc) is 2.71. The minimum atomic E-state index is -0.414. The maximum Gasteiger partial charge on any atom is 0.196 e. The third kappa shape index (κ3) is 7.17. The van der Waals surface area contributed by atoms with Crippen molar-refractivity contribution in [2.45, 2.75) is 26.5 Å². The van der Waals surface area contributed by atoms with Crippen molar-refractivity contribution in [2.75, 3.05) is 32.2 Å². The Morgan fingerprint density at radius 2 is 2.04 bits per heavy atom. The molecule has 0 radical (unpaired) electrons. The third-order valence-corrected chi connectivity index (χ3v) is 3.90. The molecule has 0 aliphatic heterocycles. The largest absolute Gasteiger partial charge is 0.493 e. The molecule has 3 N–H and O–H groups in total. The number of methoxy groups -OCH3 is 1. The standard InChI is InChI=1S/C21H28FN3O3/c1-3-23-21(24-14-16-8-9-20(22)17(12-16)15-26)25-18-6-4-7-19(13-18)28-11-5-10-27-2/h4,6-9,12-13,26H,3,5,10-11,14-15H2,1-2H3,(H2,23,24,25). The predicted octanol–water partition coefficient (Wildman–Crippen LogP) is 3.31. The van der Waals surface area contributed by atoms with Crippen LogP contribution in [0.5, 0.6) is 5.75 Å². The fourth-order valence-electron chi connectivity index (χ4n) is 2.52. The molecule has 0 saturated heterocycles. The topological polar surface area (TPSA) is 75.1 Å². The molecule has 28 heavy (non-hydrogen) atoms. The van der Waals surface area contributed by atoms with Crippen molar-refractivity contribution in [1.29, 1.82) is 0 Å². The van der Waals surface area contributed by atoms with Gasteiger partial charge in [0.25, 0.3) is 0 Å². The van der Waals surface area contributed by atoms with E-state index in [4.69, 9.17) is 9.47 Å². The van der Waals surface area contributed by atoms with Crippen molar-refractivity contribution < 1.29 is 19.0 Å². The Kier molecular flexibility index (Phi) is 9.24. The Morgan fingerprint density at radius 1 is 1.18 bits per heavy atom. The Hall–Kier alpha value is -2.64. The SMILES string of the molecule is CCNC(=NCc1ccc(F)c(CO)c1)Nc1cccc(OCCCOC)c1. The number of hydrogen-bond acceptors (Lipinski definition) is 4. The Labute approximate surface area is 165 Å². The van der Waals surface area contributed by atoms with E-state index >= 15 is 0 Å². The number of benzene rings is 2. The second kappa shape index (κ2) is 11.9. The first-order chi connectivity index (χ1) is 13.7. The van der Waals surface area contributed by atoms with Crippen LogP contribution < -0.4 is 15.4 Å². The van der Waals surface area contributed by atoms with Crippen molar-refractivity contribution >= 4 is 11.6 Å². The van der Waals surface area contributed by atoms with E-state index in [-0.39, 0.29) is 12.2 Å². The molecule has 2 aromatic carbocycles. The first kappa shape index (κ1) is 21.7.